The summed E-state index contributed by atoms with van der Waals surface area (Å²) in [5.41, 5.74) is 0. The number of rotatable bonds is 3. The quantitative estimate of drug-likeness (QED) is 0.552. The average molecular weight is 129 g/mol. The van der Waals surface area contributed by atoms with Gasteiger partial charge in [0.2, 0.25) is 0 Å². The van der Waals surface area contributed by atoms with E-state index in [9.17, 15) is 0 Å². The predicted molar refractivity (Wildman–Crippen MR) is 41.8 cm³/mol. The third kappa shape index (κ3) is 3.93. The molecule has 0 amide bonds. The fourth-order valence-electron chi connectivity index (χ4n) is 0.378. The van der Waals surface area contributed by atoms with Crippen molar-refractivity contribution in [1.82, 2.24) is 5.32 Å². The van der Waals surface area contributed by atoms with Crippen molar-refractivity contribution in [2.45, 2.75) is 20.4 Å². The molecule has 0 fully saturated rings. The highest BCUT2D eigenvalue weighted by Crippen LogP contribution is 1.83. The Kier molecular flexibility index (Phi) is 4.76. The van der Waals surface area contributed by atoms with Crippen molar-refractivity contribution in [2.75, 3.05) is 6.54 Å². The smallest absolute Gasteiger partial charge is 0.0480 e. The lowest BCUT2D eigenvalue weighted by molar-refractivity contribution is 0.915. The summed E-state index contributed by atoms with van der Waals surface area (Å²) in [5, 5.41) is 4.72. The van der Waals surface area contributed by atoms with Gasteiger partial charge in [-0.15, -0.1) is 0 Å². The Morgan fingerprint density at radius 2 is 2.38 bits per heavy atom. The summed E-state index contributed by atoms with van der Waals surface area (Å²) in [6, 6.07) is 0. The molecular formula is C6H15NSi. The Morgan fingerprint density at radius 1 is 1.75 bits per heavy atom. The number of hydrogen-bond acceptors (Lipinski definition) is 1. The van der Waals surface area contributed by atoms with Crippen LogP contribution in [0.1, 0.15) is 13.8 Å². The third-order valence-electron chi connectivity index (χ3n) is 1.11. The van der Waals surface area contributed by atoms with Crippen molar-refractivity contribution in [3.8, 4) is 0 Å². The molecule has 0 aliphatic rings. The van der Waals surface area contributed by atoms with Crippen molar-refractivity contribution in [1.29, 1.82) is 0 Å². The highest BCUT2D eigenvalue weighted by molar-refractivity contribution is 6.43. The van der Waals surface area contributed by atoms with Crippen molar-refractivity contribution >= 4 is 9.52 Å². The van der Waals surface area contributed by atoms with Gasteiger partial charge in [0.15, 0.2) is 0 Å². The van der Waals surface area contributed by atoms with Crippen LogP contribution in [0.15, 0.2) is 11.4 Å². The number of hydrogen-bond donors (Lipinski definition) is 1. The van der Waals surface area contributed by atoms with Crippen LogP contribution in [0, 0.1) is 0 Å². The molecule has 0 spiro atoms. The van der Waals surface area contributed by atoms with E-state index in [0.29, 0.717) is 0 Å². The van der Waals surface area contributed by atoms with Gasteiger partial charge in [0.05, 0.1) is 0 Å². The lowest BCUT2D eigenvalue weighted by Gasteiger charge is -1.94. The first-order valence-corrected chi connectivity index (χ1v) is 5.32. The zero-order valence-electron chi connectivity index (χ0n) is 5.99. The van der Waals surface area contributed by atoms with E-state index in [1.165, 1.54) is 0 Å². The second-order valence-corrected chi connectivity index (χ2v) is 3.72. The Balaban J connectivity index is 3.26. The van der Waals surface area contributed by atoms with E-state index in [1.807, 2.05) is 0 Å². The summed E-state index contributed by atoms with van der Waals surface area (Å²) < 4.78 is 0. The maximum absolute atomic E-state index is 3.17. The fourth-order valence-corrected chi connectivity index (χ4v) is 0.727. The second kappa shape index (κ2) is 4.90. The monoisotopic (exact) mass is 129 g/mol. The van der Waals surface area contributed by atoms with Gasteiger partial charge in [0.25, 0.3) is 0 Å². The second-order valence-electron chi connectivity index (χ2n) is 1.90. The van der Waals surface area contributed by atoms with E-state index in [1.54, 1.807) is 5.20 Å². The van der Waals surface area contributed by atoms with Crippen molar-refractivity contribution in [2.24, 2.45) is 0 Å². The molecule has 0 aromatic carbocycles. The van der Waals surface area contributed by atoms with Crippen LogP contribution in [0.5, 0.6) is 0 Å². The van der Waals surface area contributed by atoms with Gasteiger partial charge in [0.1, 0.15) is 0 Å². The van der Waals surface area contributed by atoms with E-state index < -0.39 is 0 Å². The molecule has 0 saturated carbocycles. The number of allylic oxidation sites excluding steroid dienone is 1. The molecule has 0 aromatic heterocycles. The minimum Gasteiger partial charge on any atom is -0.392 e. The van der Waals surface area contributed by atoms with E-state index in [-0.39, 0.29) is 9.52 Å². The summed E-state index contributed by atoms with van der Waals surface area (Å²) in [5.74, 6) is 0. The summed E-state index contributed by atoms with van der Waals surface area (Å²) in [4.78, 5) is 0. The Morgan fingerprint density at radius 3 is 2.75 bits per heavy atom. The maximum Gasteiger partial charge on any atom is 0.0480 e. The summed E-state index contributed by atoms with van der Waals surface area (Å²) in [7, 11) is 0.117. The first-order valence-electron chi connectivity index (χ1n) is 3.20. The van der Waals surface area contributed by atoms with Gasteiger partial charge >= 0.3 is 0 Å². The van der Waals surface area contributed by atoms with Crippen molar-refractivity contribution < 1.29 is 0 Å². The predicted octanol–water partition coefficient (Wildman–Crippen LogP) is 0.674. The zero-order chi connectivity index (χ0) is 6.41. The molecule has 1 N–H and O–H groups in total. The Labute approximate surface area is 54.0 Å². The normalized spacial score (nSPS) is 13.1. The standard InChI is InChI=1S/C6H15NSi/c1-4-7-5-6(2)8-3/h5,7H,4,8H2,1-3H3/b6-5+. The van der Waals surface area contributed by atoms with Crippen LogP contribution in [-0.2, 0) is 0 Å². The molecule has 0 unspecified atom stereocenters. The molecule has 8 heavy (non-hydrogen) atoms. The molecule has 2 heteroatoms. The molecule has 48 valence electrons. The van der Waals surface area contributed by atoms with Crippen molar-refractivity contribution in [3.63, 3.8) is 0 Å². The highest BCUT2D eigenvalue weighted by atomic mass is 28.2. The molecule has 0 atom stereocenters. The molecule has 0 aliphatic carbocycles. The van der Waals surface area contributed by atoms with Crippen LogP contribution in [0.25, 0.3) is 0 Å². The summed E-state index contributed by atoms with van der Waals surface area (Å²) in [6.45, 7) is 7.64. The SMILES string of the molecule is CCN/C=C(\C)[SiH2]C. The topological polar surface area (TPSA) is 12.0 Å². The molecule has 0 bridgehead atoms. The molecule has 0 heterocycles. The maximum atomic E-state index is 3.17. The van der Waals surface area contributed by atoms with Gasteiger partial charge in [-0.1, -0.05) is 11.7 Å². The van der Waals surface area contributed by atoms with Gasteiger partial charge in [-0.05, 0) is 20.0 Å². The molecule has 0 rings (SSSR count). The lowest BCUT2D eigenvalue weighted by Crippen LogP contribution is -2.04. The summed E-state index contributed by atoms with van der Waals surface area (Å²) in [6.07, 6.45) is 2.13. The minimum absolute atomic E-state index is 0.117. The summed E-state index contributed by atoms with van der Waals surface area (Å²) >= 11 is 0. The molecule has 0 aliphatic heterocycles. The largest absolute Gasteiger partial charge is 0.392 e. The van der Waals surface area contributed by atoms with E-state index in [0.717, 1.165) is 6.54 Å². The van der Waals surface area contributed by atoms with E-state index in [4.69, 9.17) is 0 Å². The van der Waals surface area contributed by atoms with Crippen LogP contribution < -0.4 is 5.32 Å². The first kappa shape index (κ1) is 7.76. The van der Waals surface area contributed by atoms with Gasteiger partial charge in [-0.25, -0.2) is 0 Å². The Bertz CT molecular complexity index is 78.6. The molecule has 0 radical (unpaired) electrons. The first-order chi connectivity index (χ1) is 3.81. The van der Waals surface area contributed by atoms with Gasteiger partial charge < -0.3 is 5.32 Å². The van der Waals surface area contributed by atoms with Crippen LogP contribution in [0.2, 0.25) is 6.55 Å². The number of nitrogens with one attached hydrogen (secondary N) is 1. The third-order valence-corrected chi connectivity index (χ3v) is 2.43. The van der Waals surface area contributed by atoms with E-state index in [2.05, 4.69) is 31.9 Å². The van der Waals surface area contributed by atoms with Crippen LogP contribution >= 0.6 is 0 Å². The van der Waals surface area contributed by atoms with Gasteiger partial charge in [-0.2, -0.15) is 0 Å². The lowest BCUT2D eigenvalue weighted by atomic mass is 10.6. The highest BCUT2D eigenvalue weighted by Gasteiger charge is 1.79. The van der Waals surface area contributed by atoms with E-state index >= 15 is 0 Å². The van der Waals surface area contributed by atoms with Crippen LogP contribution in [0.3, 0.4) is 0 Å². The zero-order valence-corrected chi connectivity index (χ0v) is 7.41. The van der Waals surface area contributed by atoms with Crippen LogP contribution in [-0.4, -0.2) is 16.1 Å². The van der Waals surface area contributed by atoms with Gasteiger partial charge in [0, 0.05) is 16.1 Å². The van der Waals surface area contributed by atoms with Crippen molar-refractivity contribution in [3.05, 3.63) is 11.4 Å². The Hall–Kier alpha value is -0.243. The minimum atomic E-state index is 0.117. The van der Waals surface area contributed by atoms with Gasteiger partial charge in [-0.3, -0.25) is 0 Å². The molecule has 0 saturated heterocycles. The average Bonchev–Trinajstić information content (AvgIpc) is 1.83. The molecular weight excluding hydrogens is 114 g/mol. The fraction of sp³-hybridized carbons (Fsp3) is 0.667. The van der Waals surface area contributed by atoms with Crippen LogP contribution in [0.4, 0.5) is 0 Å². The molecule has 1 nitrogen and oxygen atoms in total. The molecule has 0 aromatic rings.